The number of fused-ring (bicyclic) bond motifs is 1. The van der Waals surface area contributed by atoms with Gasteiger partial charge in [0.05, 0.1) is 6.04 Å². The van der Waals surface area contributed by atoms with Crippen molar-refractivity contribution in [3.8, 4) is 0 Å². The number of likely N-dealkylation sites (N-methyl/N-ethyl adjacent to an activating group) is 1. The average molecular weight is 286 g/mol. The van der Waals surface area contributed by atoms with Crippen molar-refractivity contribution in [2.45, 2.75) is 45.1 Å². The Labute approximate surface area is 125 Å². The molecule has 0 fully saturated rings. The molecule has 2 unspecified atom stereocenters. The predicted octanol–water partition coefficient (Wildman–Crippen LogP) is 4.09. The second-order valence-corrected chi connectivity index (χ2v) is 6.34. The molecule has 3 heteroatoms. The predicted molar refractivity (Wildman–Crippen MR) is 85.4 cm³/mol. The van der Waals surface area contributed by atoms with Crippen molar-refractivity contribution in [2.75, 3.05) is 6.54 Å². The highest BCUT2D eigenvalue weighted by Crippen LogP contribution is 2.42. The maximum Gasteiger partial charge on any atom is 0.0502 e. The first kappa shape index (κ1) is 13.8. The van der Waals surface area contributed by atoms with Gasteiger partial charge in [-0.15, -0.1) is 11.3 Å². The quantitative estimate of drug-likeness (QED) is 0.895. The highest BCUT2D eigenvalue weighted by Gasteiger charge is 2.32. The Balaban J connectivity index is 1.96. The van der Waals surface area contributed by atoms with Crippen molar-refractivity contribution in [3.05, 3.63) is 51.5 Å². The SMILES string of the molecule is CCNC(c1sccc1CC)C1CCc2cccnc21. The van der Waals surface area contributed by atoms with Gasteiger partial charge < -0.3 is 5.32 Å². The van der Waals surface area contributed by atoms with Crippen LogP contribution in [0.25, 0.3) is 0 Å². The molecule has 1 aliphatic rings. The Morgan fingerprint density at radius 2 is 2.30 bits per heavy atom. The van der Waals surface area contributed by atoms with E-state index in [0.717, 1.165) is 13.0 Å². The van der Waals surface area contributed by atoms with E-state index in [9.17, 15) is 0 Å². The third-order valence-electron chi connectivity index (χ3n) is 4.27. The van der Waals surface area contributed by atoms with E-state index in [4.69, 9.17) is 0 Å². The van der Waals surface area contributed by atoms with Crippen molar-refractivity contribution < 1.29 is 0 Å². The van der Waals surface area contributed by atoms with Crippen LogP contribution in [0.1, 0.15) is 53.9 Å². The minimum Gasteiger partial charge on any atom is -0.309 e. The second kappa shape index (κ2) is 6.06. The highest BCUT2D eigenvalue weighted by atomic mass is 32.1. The molecule has 2 atom stereocenters. The van der Waals surface area contributed by atoms with Crippen LogP contribution in [0.3, 0.4) is 0 Å². The van der Waals surface area contributed by atoms with E-state index in [-0.39, 0.29) is 0 Å². The molecule has 0 aliphatic heterocycles. The fourth-order valence-electron chi connectivity index (χ4n) is 3.32. The number of hydrogen-bond donors (Lipinski definition) is 1. The van der Waals surface area contributed by atoms with E-state index >= 15 is 0 Å². The molecule has 1 N–H and O–H groups in total. The van der Waals surface area contributed by atoms with Gasteiger partial charge in [-0.25, -0.2) is 0 Å². The van der Waals surface area contributed by atoms with Gasteiger partial charge in [0, 0.05) is 22.7 Å². The molecule has 0 saturated carbocycles. The molecule has 20 heavy (non-hydrogen) atoms. The Bertz CT molecular complexity index is 576. The molecule has 3 rings (SSSR count). The third kappa shape index (κ3) is 2.40. The van der Waals surface area contributed by atoms with Crippen molar-refractivity contribution in [3.63, 3.8) is 0 Å². The molecule has 106 valence electrons. The summed E-state index contributed by atoms with van der Waals surface area (Å²) in [5, 5.41) is 5.94. The topological polar surface area (TPSA) is 24.9 Å². The van der Waals surface area contributed by atoms with E-state index in [1.54, 1.807) is 0 Å². The first-order valence-electron chi connectivity index (χ1n) is 7.58. The lowest BCUT2D eigenvalue weighted by Crippen LogP contribution is -2.26. The van der Waals surface area contributed by atoms with Crippen molar-refractivity contribution >= 4 is 11.3 Å². The smallest absolute Gasteiger partial charge is 0.0502 e. The van der Waals surface area contributed by atoms with E-state index in [1.807, 2.05) is 17.5 Å². The number of nitrogens with one attached hydrogen (secondary N) is 1. The van der Waals surface area contributed by atoms with Crippen LogP contribution in [-0.2, 0) is 12.8 Å². The summed E-state index contributed by atoms with van der Waals surface area (Å²) in [6, 6.07) is 7.00. The van der Waals surface area contributed by atoms with Crippen LogP contribution in [0.2, 0.25) is 0 Å². The fourth-order valence-corrected chi connectivity index (χ4v) is 4.46. The Kier molecular flexibility index (Phi) is 4.18. The van der Waals surface area contributed by atoms with Crippen LogP contribution in [0.15, 0.2) is 29.8 Å². The molecule has 0 bridgehead atoms. The molecular weight excluding hydrogens is 264 g/mol. The monoisotopic (exact) mass is 286 g/mol. The van der Waals surface area contributed by atoms with Gasteiger partial charge in [0.25, 0.3) is 0 Å². The van der Waals surface area contributed by atoms with Crippen LogP contribution in [0.4, 0.5) is 0 Å². The van der Waals surface area contributed by atoms with E-state index < -0.39 is 0 Å². The summed E-state index contributed by atoms with van der Waals surface area (Å²) in [7, 11) is 0. The van der Waals surface area contributed by atoms with Crippen LogP contribution in [-0.4, -0.2) is 11.5 Å². The van der Waals surface area contributed by atoms with Gasteiger partial charge in [0.15, 0.2) is 0 Å². The molecule has 0 spiro atoms. The summed E-state index contributed by atoms with van der Waals surface area (Å²) in [5.41, 5.74) is 4.24. The second-order valence-electron chi connectivity index (χ2n) is 5.39. The zero-order valence-electron chi connectivity index (χ0n) is 12.2. The van der Waals surface area contributed by atoms with Crippen molar-refractivity contribution in [1.82, 2.24) is 10.3 Å². The molecule has 2 aromatic rings. The summed E-state index contributed by atoms with van der Waals surface area (Å²) in [6.45, 7) is 5.44. The number of thiophene rings is 1. The van der Waals surface area contributed by atoms with E-state index in [1.165, 1.54) is 34.5 Å². The van der Waals surface area contributed by atoms with Gasteiger partial charge >= 0.3 is 0 Å². The lowest BCUT2D eigenvalue weighted by molar-refractivity contribution is 0.451. The normalized spacial score (nSPS) is 19.0. The zero-order valence-corrected chi connectivity index (χ0v) is 13.0. The van der Waals surface area contributed by atoms with Crippen LogP contribution in [0, 0.1) is 0 Å². The molecular formula is C17H22N2S. The Morgan fingerprint density at radius 3 is 3.10 bits per heavy atom. The maximum atomic E-state index is 4.67. The van der Waals surface area contributed by atoms with Gasteiger partial charge in [-0.05, 0) is 54.4 Å². The maximum absolute atomic E-state index is 4.67. The molecule has 0 amide bonds. The van der Waals surface area contributed by atoms with Crippen LogP contribution < -0.4 is 5.32 Å². The standard InChI is InChI=1S/C17H22N2S/c1-3-12-9-11-20-17(12)16(18-4-2)14-8-7-13-6-5-10-19-15(13)14/h5-6,9-11,14,16,18H,3-4,7-8H2,1-2H3. The first-order valence-corrected chi connectivity index (χ1v) is 8.46. The largest absolute Gasteiger partial charge is 0.309 e. The van der Waals surface area contributed by atoms with Crippen LogP contribution in [0.5, 0.6) is 0 Å². The Morgan fingerprint density at radius 1 is 1.40 bits per heavy atom. The number of aryl methyl sites for hydroxylation is 2. The Hall–Kier alpha value is -1.19. The molecule has 2 nitrogen and oxygen atoms in total. The molecule has 1 aliphatic carbocycles. The molecule has 2 heterocycles. The summed E-state index contributed by atoms with van der Waals surface area (Å²) < 4.78 is 0. The van der Waals surface area contributed by atoms with E-state index in [2.05, 4.69) is 47.7 Å². The molecule has 0 radical (unpaired) electrons. The lowest BCUT2D eigenvalue weighted by Gasteiger charge is -2.25. The van der Waals surface area contributed by atoms with Gasteiger partial charge in [-0.1, -0.05) is 19.9 Å². The highest BCUT2D eigenvalue weighted by molar-refractivity contribution is 7.10. The number of nitrogens with zero attached hydrogens (tertiary/aromatic N) is 1. The van der Waals surface area contributed by atoms with Gasteiger partial charge in [-0.2, -0.15) is 0 Å². The van der Waals surface area contributed by atoms with Crippen molar-refractivity contribution in [2.24, 2.45) is 0 Å². The summed E-state index contributed by atoms with van der Waals surface area (Å²) >= 11 is 1.89. The third-order valence-corrected chi connectivity index (χ3v) is 5.31. The zero-order chi connectivity index (χ0) is 13.9. The summed E-state index contributed by atoms with van der Waals surface area (Å²) in [6.07, 6.45) is 5.44. The number of hydrogen-bond acceptors (Lipinski definition) is 3. The molecule has 2 aromatic heterocycles. The van der Waals surface area contributed by atoms with Gasteiger partial charge in [0.1, 0.15) is 0 Å². The number of aromatic nitrogens is 1. The van der Waals surface area contributed by atoms with Gasteiger partial charge in [0.2, 0.25) is 0 Å². The average Bonchev–Trinajstić information content (AvgIpc) is 3.11. The van der Waals surface area contributed by atoms with Crippen molar-refractivity contribution in [1.29, 1.82) is 0 Å². The summed E-state index contributed by atoms with van der Waals surface area (Å²) in [5.74, 6) is 0.523. The number of pyridine rings is 1. The molecule has 0 aromatic carbocycles. The van der Waals surface area contributed by atoms with Gasteiger partial charge in [-0.3, -0.25) is 4.98 Å². The molecule has 0 saturated heterocycles. The fraction of sp³-hybridized carbons (Fsp3) is 0.471. The minimum absolute atomic E-state index is 0.422. The lowest BCUT2D eigenvalue weighted by atomic mass is 9.93. The van der Waals surface area contributed by atoms with Crippen LogP contribution >= 0.6 is 11.3 Å². The number of rotatable bonds is 5. The minimum atomic E-state index is 0.422. The first-order chi connectivity index (χ1) is 9.85. The van der Waals surface area contributed by atoms with E-state index in [0.29, 0.717) is 12.0 Å². The summed E-state index contributed by atoms with van der Waals surface area (Å²) in [4.78, 5) is 6.19.